The van der Waals surface area contributed by atoms with Crippen LogP contribution in [-0.4, -0.2) is 72.5 Å². The van der Waals surface area contributed by atoms with E-state index in [0.29, 0.717) is 39.0 Å². The zero-order valence-corrected chi connectivity index (χ0v) is 16.8. The minimum atomic E-state index is -0.373. The number of para-hydroxylation sites is 1. The van der Waals surface area contributed by atoms with E-state index >= 15 is 0 Å². The third kappa shape index (κ3) is 4.45. The first-order valence-electron chi connectivity index (χ1n) is 10.6. The first-order valence-corrected chi connectivity index (χ1v) is 10.6. The molecule has 3 aliphatic rings. The maximum Gasteiger partial charge on any atom is 0.253 e. The zero-order valence-electron chi connectivity index (χ0n) is 16.8. The van der Waals surface area contributed by atoms with Crippen molar-refractivity contribution in [3.05, 3.63) is 30.3 Å². The van der Waals surface area contributed by atoms with E-state index in [1.165, 1.54) is 0 Å². The summed E-state index contributed by atoms with van der Waals surface area (Å²) in [5.74, 6) is 0.347. The Bertz CT molecular complexity index is 759. The summed E-state index contributed by atoms with van der Waals surface area (Å²) in [5.41, 5.74) is 0.526. The van der Waals surface area contributed by atoms with Crippen molar-refractivity contribution >= 4 is 23.4 Å². The summed E-state index contributed by atoms with van der Waals surface area (Å²) in [6.45, 7) is 3.44. The molecule has 3 aliphatic heterocycles. The quantitative estimate of drug-likeness (QED) is 0.757. The van der Waals surface area contributed by atoms with Gasteiger partial charge >= 0.3 is 0 Å². The molecule has 7 nitrogen and oxygen atoms in total. The highest BCUT2D eigenvalue weighted by Gasteiger charge is 2.43. The molecule has 3 fully saturated rings. The molecule has 0 radical (unpaired) electrons. The van der Waals surface area contributed by atoms with Gasteiger partial charge in [-0.05, 0) is 37.8 Å². The molecular weight excluding hydrogens is 370 g/mol. The van der Waals surface area contributed by atoms with Gasteiger partial charge in [-0.3, -0.25) is 14.4 Å². The molecule has 29 heavy (non-hydrogen) atoms. The van der Waals surface area contributed by atoms with Crippen molar-refractivity contribution in [2.24, 2.45) is 0 Å². The van der Waals surface area contributed by atoms with Crippen molar-refractivity contribution < 1.29 is 19.1 Å². The molecule has 0 bridgehead atoms. The predicted molar refractivity (Wildman–Crippen MR) is 108 cm³/mol. The van der Waals surface area contributed by atoms with Gasteiger partial charge < -0.3 is 19.4 Å². The molecule has 0 unspecified atom stereocenters. The van der Waals surface area contributed by atoms with Crippen LogP contribution in [0.4, 0.5) is 5.69 Å². The second-order valence-electron chi connectivity index (χ2n) is 8.26. The molecule has 4 rings (SSSR count). The molecule has 7 heteroatoms. The van der Waals surface area contributed by atoms with E-state index in [0.717, 1.165) is 37.9 Å². The molecule has 3 heterocycles. The van der Waals surface area contributed by atoms with Crippen molar-refractivity contribution in [2.45, 2.75) is 44.1 Å². The first kappa shape index (κ1) is 19.9. The SMILES string of the molecule is O=C1CCCN1CCCC(=O)N1CCC2(CC1)CN(c1ccccc1)C(=O)CO2. The van der Waals surface area contributed by atoms with Gasteiger partial charge in [-0.15, -0.1) is 0 Å². The molecule has 1 spiro atoms. The Morgan fingerprint density at radius 1 is 1.03 bits per heavy atom. The highest BCUT2D eigenvalue weighted by atomic mass is 16.5. The summed E-state index contributed by atoms with van der Waals surface area (Å²) in [6, 6.07) is 9.69. The van der Waals surface area contributed by atoms with E-state index in [1.807, 2.05) is 45.0 Å². The Balaban J connectivity index is 1.27. The topological polar surface area (TPSA) is 70.2 Å². The molecule has 1 aromatic rings. The largest absolute Gasteiger partial charge is 0.363 e. The van der Waals surface area contributed by atoms with E-state index in [-0.39, 0.29) is 29.9 Å². The molecule has 0 N–H and O–H groups in total. The highest BCUT2D eigenvalue weighted by Crippen LogP contribution is 2.33. The van der Waals surface area contributed by atoms with Crippen LogP contribution in [0, 0.1) is 0 Å². The molecule has 0 aliphatic carbocycles. The van der Waals surface area contributed by atoms with Gasteiger partial charge in [-0.25, -0.2) is 0 Å². The maximum absolute atomic E-state index is 12.6. The van der Waals surface area contributed by atoms with Gasteiger partial charge in [0.15, 0.2) is 0 Å². The number of anilines is 1. The molecule has 1 aromatic carbocycles. The number of hydrogen-bond donors (Lipinski definition) is 0. The molecular formula is C22H29N3O4. The average molecular weight is 399 g/mol. The Morgan fingerprint density at radius 3 is 2.48 bits per heavy atom. The van der Waals surface area contributed by atoms with E-state index in [1.54, 1.807) is 0 Å². The van der Waals surface area contributed by atoms with E-state index in [2.05, 4.69) is 0 Å². The van der Waals surface area contributed by atoms with Gasteiger partial charge in [0.05, 0.1) is 12.1 Å². The summed E-state index contributed by atoms with van der Waals surface area (Å²) in [4.78, 5) is 42.2. The van der Waals surface area contributed by atoms with Crippen molar-refractivity contribution in [1.82, 2.24) is 9.80 Å². The molecule has 156 valence electrons. The number of amides is 3. The summed E-state index contributed by atoms with van der Waals surface area (Å²) in [6.07, 6.45) is 4.25. The van der Waals surface area contributed by atoms with Gasteiger partial charge in [-0.2, -0.15) is 0 Å². The lowest BCUT2D eigenvalue weighted by atomic mass is 9.88. The third-order valence-corrected chi connectivity index (χ3v) is 6.33. The van der Waals surface area contributed by atoms with Crippen LogP contribution in [0.15, 0.2) is 30.3 Å². The number of benzene rings is 1. The highest BCUT2D eigenvalue weighted by molar-refractivity contribution is 5.95. The van der Waals surface area contributed by atoms with E-state index < -0.39 is 0 Å². The minimum absolute atomic E-state index is 0.0169. The van der Waals surface area contributed by atoms with Crippen LogP contribution in [0.2, 0.25) is 0 Å². The summed E-state index contributed by atoms with van der Waals surface area (Å²) >= 11 is 0. The molecule has 0 saturated carbocycles. The minimum Gasteiger partial charge on any atom is -0.363 e. The molecule has 0 atom stereocenters. The van der Waals surface area contributed by atoms with Crippen molar-refractivity contribution in [3.63, 3.8) is 0 Å². The Kier molecular flexibility index (Phi) is 5.85. The Morgan fingerprint density at radius 2 is 1.79 bits per heavy atom. The smallest absolute Gasteiger partial charge is 0.253 e. The average Bonchev–Trinajstić information content (AvgIpc) is 3.16. The second kappa shape index (κ2) is 8.53. The van der Waals surface area contributed by atoms with Crippen LogP contribution >= 0.6 is 0 Å². The number of rotatable bonds is 5. The third-order valence-electron chi connectivity index (χ3n) is 6.33. The van der Waals surface area contributed by atoms with E-state index in [9.17, 15) is 14.4 Å². The van der Waals surface area contributed by atoms with Crippen molar-refractivity contribution in [2.75, 3.05) is 44.2 Å². The fourth-order valence-corrected chi connectivity index (χ4v) is 4.54. The van der Waals surface area contributed by atoms with Gasteiger partial charge in [0, 0.05) is 44.7 Å². The number of hydrogen-bond acceptors (Lipinski definition) is 4. The Labute approximate surface area is 171 Å². The number of morpholine rings is 1. The van der Waals surface area contributed by atoms with Crippen LogP contribution in [0.25, 0.3) is 0 Å². The van der Waals surface area contributed by atoms with E-state index in [4.69, 9.17) is 4.74 Å². The number of ether oxygens (including phenoxy) is 1. The fraction of sp³-hybridized carbons (Fsp3) is 0.591. The lowest BCUT2D eigenvalue weighted by molar-refractivity contribution is -0.150. The van der Waals surface area contributed by atoms with Gasteiger partial charge in [-0.1, -0.05) is 18.2 Å². The maximum atomic E-state index is 12.6. The fourth-order valence-electron chi connectivity index (χ4n) is 4.54. The van der Waals surface area contributed by atoms with Crippen molar-refractivity contribution in [3.8, 4) is 0 Å². The number of likely N-dealkylation sites (tertiary alicyclic amines) is 2. The standard InChI is InChI=1S/C22H29N3O4/c26-19-8-4-12-23(19)13-5-9-20(27)24-14-10-22(11-15-24)17-25(21(28)16-29-22)18-6-2-1-3-7-18/h1-3,6-7H,4-5,8-17H2. The number of nitrogens with zero attached hydrogens (tertiary/aromatic N) is 3. The lowest BCUT2D eigenvalue weighted by Gasteiger charge is -2.47. The molecule has 3 saturated heterocycles. The monoisotopic (exact) mass is 399 g/mol. The summed E-state index contributed by atoms with van der Waals surface area (Å²) in [5, 5.41) is 0. The van der Waals surface area contributed by atoms with Gasteiger partial charge in [0.25, 0.3) is 5.91 Å². The Hall–Kier alpha value is -2.41. The molecule has 0 aromatic heterocycles. The normalized spacial score (nSPS) is 21.9. The predicted octanol–water partition coefficient (Wildman–Crippen LogP) is 1.81. The first-order chi connectivity index (χ1) is 14.1. The summed E-state index contributed by atoms with van der Waals surface area (Å²) in [7, 11) is 0. The van der Waals surface area contributed by atoms with Crippen molar-refractivity contribution in [1.29, 1.82) is 0 Å². The number of carbonyl (C=O) groups is 3. The summed E-state index contributed by atoms with van der Waals surface area (Å²) < 4.78 is 5.99. The van der Waals surface area contributed by atoms with Crippen LogP contribution in [0.3, 0.4) is 0 Å². The van der Waals surface area contributed by atoms with Crippen LogP contribution in [-0.2, 0) is 19.1 Å². The van der Waals surface area contributed by atoms with Crippen LogP contribution in [0.1, 0.15) is 38.5 Å². The van der Waals surface area contributed by atoms with Crippen LogP contribution < -0.4 is 4.90 Å². The number of carbonyl (C=O) groups excluding carboxylic acids is 3. The lowest BCUT2D eigenvalue weighted by Crippen LogP contribution is -2.59. The molecule has 3 amide bonds. The zero-order chi connectivity index (χ0) is 20.3. The second-order valence-corrected chi connectivity index (χ2v) is 8.26. The number of piperidine rings is 1. The van der Waals surface area contributed by atoms with Crippen LogP contribution in [0.5, 0.6) is 0 Å². The van der Waals surface area contributed by atoms with Gasteiger partial charge in [0.1, 0.15) is 6.61 Å². The van der Waals surface area contributed by atoms with Gasteiger partial charge in [0.2, 0.25) is 11.8 Å².